The minimum absolute atomic E-state index is 0.127. The lowest BCUT2D eigenvalue weighted by Crippen LogP contribution is -2.28. The number of sulfone groups is 1. The van der Waals surface area contributed by atoms with Gasteiger partial charge >= 0.3 is 0 Å². The van der Waals surface area contributed by atoms with Crippen LogP contribution in [0.5, 0.6) is 0 Å². The van der Waals surface area contributed by atoms with Crippen LogP contribution >= 0.6 is 11.3 Å². The van der Waals surface area contributed by atoms with Gasteiger partial charge in [0, 0.05) is 0 Å². The molecule has 0 saturated heterocycles. The average Bonchev–Trinajstić information content (AvgIpc) is 3.08. The van der Waals surface area contributed by atoms with Gasteiger partial charge in [-0.1, -0.05) is 13.3 Å². The van der Waals surface area contributed by atoms with E-state index in [1.165, 1.54) is 17.7 Å². The third kappa shape index (κ3) is 2.76. The van der Waals surface area contributed by atoms with Gasteiger partial charge in [-0.3, -0.25) is 0 Å². The molecule has 0 amide bonds. The summed E-state index contributed by atoms with van der Waals surface area (Å²) in [5.74, 6) is 0.545. The quantitative estimate of drug-likeness (QED) is 0.838. The van der Waals surface area contributed by atoms with Crippen molar-refractivity contribution in [3.05, 3.63) is 17.3 Å². The van der Waals surface area contributed by atoms with Crippen LogP contribution in [0.1, 0.15) is 58.4 Å². The van der Waals surface area contributed by atoms with Gasteiger partial charge in [0.1, 0.15) is 6.33 Å². The molecule has 3 atom stereocenters. The Kier molecular flexibility index (Phi) is 4.47. The molecule has 7 heteroatoms. The van der Waals surface area contributed by atoms with Gasteiger partial charge in [-0.25, -0.2) is 18.4 Å². The zero-order chi connectivity index (χ0) is 17.7. The SMILES string of the molecule is CC[C@@H]1CC(c2csc3c(S(=O)(=O)C(C)(C)C)ncnc23)C[C@@H]1O. The van der Waals surface area contributed by atoms with Gasteiger partial charge in [-0.2, -0.15) is 0 Å². The fraction of sp³-hybridized carbons (Fsp3) is 0.647. The zero-order valence-electron chi connectivity index (χ0n) is 14.5. The number of hydrogen-bond acceptors (Lipinski definition) is 6. The molecule has 2 aromatic rings. The number of thiophene rings is 1. The van der Waals surface area contributed by atoms with Gasteiger partial charge in [0.2, 0.25) is 9.84 Å². The Hall–Kier alpha value is -1.05. The maximum Gasteiger partial charge on any atom is 0.202 e. The smallest absolute Gasteiger partial charge is 0.202 e. The summed E-state index contributed by atoms with van der Waals surface area (Å²) in [5, 5.41) is 12.3. The van der Waals surface area contributed by atoms with Crippen LogP contribution in [0.15, 0.2) is 16.7 Å². The lowest BCUT2D eigenvalue weighted by Gasteiger charge is -2.18. The Morgan fingerprint density at radius 3 is 2.58 bits per heavy atom. The lowest BCUT2D eigenvalue weighted by atomic mass is 9.97. The Morgan fingerprint density at radius 1 is 1.29 bits per heavy atom. The molecule has 1 saturated carbocycles. The van der Waals surface area contributed by atoms with E-state index in [9.17, 15) is 13.5 Å². The van der Waals surface area contributed by atoms with Gasteiger partial charge in [-0.05, 0) is 56.4 Å². The highest BCUT2D eigenvalue weighted by Crippen LogP contribution is 2.44. The molecule has 0 aliphatic heterocycles. The predicted octanol–water partition coefficient (Wildman–Crippen LogP) is 3.53. The van der Waals surface area contributed by atoms with Crippen LogP contribution in [0.4, 0.5) is 0 Å². The topological polar surface area (TPSA) is 80.2 Å². The molecule has 1 aliphatic carbocycles. The molecule has 1 aliphatic rings. The molecule has 0 spiro atoms. The minimum Gasteiger partial charge on any atom is -0.393 e. The van der Waals surface area contributed by atoms with Crippen molar-refractivity contribution in [1.29, 1.82) is 0 Å². The summed E-state index contributed by atoms with van der Waals surface area (Å²) >= 11 is 1.39. The maximum absolute atomic E-state index is 12.8. The highest BCUT2D eigenvalue weighted by Gasteiger charge is 2.37. The predicted molar refractivity (Wildman–Crippen MR) is 96.1 cm³/mol. The molecule has 0 aromatic carbocycles. The van der Waals surface area contributed by atoms with Crippen LogP contribution in [0.2, 0.25) is 0 Å². The molecule has 24 heavy (non-hydrogen) atoms. The monoisotopic (exact) mass is 368 g/mol. The molecule has 0 radical (unpaired) electrons. The average molecular weight is 369 g/mol. The summed E-state index contributed by atoms with van der Waals surface area (Å²) in [4.78, 5) is 8.46. The summed E-state index contributed by atoms with van der Waals surface area (Å²) in [6.45, 7) is 7.15. The number of fused-ring (bicyclic) bond motifs is 1. The first-order valence-corrected chi connectivity index (χ1v) is 10.7. The fourth-order valence-electron chi connectivity index (χ4n) is 3.41. The van der Waals surface area contributed by atoms with E-state index in [0.29, 0.717) is 10.6 Å². The first-order chi connectivity index (χ1) is 11.2. The highest BCUT2D eigenvalue weighted by atomic mass is 32.2. The first-order valence-electron chi connectivity index (χ1n) is 8.31. The third-order valence-corrected chi connectivity index (χ3v) is 8.59. The van der Waals surface area contributed by atoms with Crippen LogP contribution in [0, 0.1) is 5.92 Å². The maximum atomic E-state index is 12.8. The van der Waals surface area contributed by atoms with Crippen LogP contribution in [-0.4, -0.2) is 34.3 Å². The molecule has 1 fully saturated rings. The second kappa shape index (κ2) is 6.04. The minimum atomic E-state index is -3.53. The number of aromatic nitrogens is 2. The molecule has 132 valence electrons. The fourth-order valence-corrected chi connectivity index (χ4v) is 5.98. The summed E-state index contributed by atoms with van der Waals surface area (Å²) in [5.41, 5.74) is 1.78. The van der Waals surface area contributed by atoms with Gasteiger partial charge in [0.25, 0.3) is 0 Å². The van der Waals surface area contributed by atoms with E-state index in [1.807, 2.05) is 5.38 Å². The van der Waals surface area contributed by atoms with Gasteiger partial charge in [0.15, 0.2) is 5.03 Å². The highest BCUT2D eigenvalue weighted by molar-refractivity contribution is 7.93. The molecule has 1 unspecified atom stereocenters. The standard InChI is InChI=1S/C17H24N2O3S2/c1-5-10-6-11(7-13(10)20)12-8-23-15-14(12)18-9-19-16(15)24(21,22)17(2,3)4/h8-11,13,20H,5-7H2,1-4H3/t10-,11?,13+/m1/s1. The van der Waals surface area contributed by atoms with Gasteiger partial charge in [-0.15, -0.1) is 11.3 Å². The zero-order valence-corrected chi connectivity index (χ0v) is 16.1. The molecule has 0 bridgehead atoms. The molecule has 5 nitrogen and oxygen atoms in total. The van der Waals surface area contributed by atoms with E-state index >= 15 is 0 Å². The Balaban J connectivity index is 2.09. The van der Waals surface area contributed by atoms with Crippen LogP contribution in [0.25, 0.3) is 10.2 Å². The van der Waals surface area contributed by atoms with Crippen molar-refractivity contribution in [3.63, 3.8) is 0 Å². The number of aliphatic hydroxyl groups is 1. The summed E-state index contributed by atoms with van der Waals surface area (Å²) in [7, 11) is -3.53. The van der Waals surface area contributed by atoms with E-state index in [4.69, 9.17) is 0 Å². The van der Waals surface area contributed by atoms with E-state index in [-0.39, 0.29) is 17.0 Å². The Labute approximate surface area is 147 Å². The molecule has 3 rings (SSSR count). The van der Waals surface area contributed by atoms with E-state index in [0.717, 1.165) is 30.3 Å². The summed E-state index contributed by atoms with van der Waals surface area (Å²) in [6, 6.07) is 0. The first kappa shape index (κ1) is 17.8. The molecule has 2 aromatic heterocycles. The van der Waals surface area contributed by atoms with Crippen molar-refractivity contribution in [3.8, 4) is 0 Å². The van der Waals surface area contributed by atoms with Gasteiger partial charge in [0.05, 0.1) is 21.1 Å². The van der Waals surface area contributed by atoms with Crippen molar-refractivity contribution in [2.75, 3.05) is 0 Å². The van der Waals surface area contributed by atoms with Crippen molar-refractivity contribution in [2.45, 2.75) is 68.8 Å². The second-order valence-corrected chi connectivity index (χ2v) is 11.1. The van der Waals surface area contributed by atoms with Gasteiger partial charge < -0.3 is 5.11 Å². The van der Waals surface area contributed by atoms with E-state index < -0.39 is 14.6 Å². The summed E-state index contributed by atoms with van der Waals surface area (Å²) < 4.78 is 25.4. The third-order valence-electron chi connectivity index (χ3n) is 5.03. The largest absolute Gasteiger partial charge is 0.393 e. The lowest BCUT2D eigenvalue weighted by molar-refractivity contribution is 0.130. The summed E-state index contributed by atoms with van der Waals surface area (Å²) in [6.07, 6.45) is 3.66. The second-order valence-electron chi connectivity index (χ2n) is 7.57. The van der Waals surface area contributed by atoms with Crippen molar-refractivity contribution in [1.82, 2.24) is 9.97 Å². The molecule has 1 N–H and O–H groups in total. The number of nitrogens with zero attached hydrogens (tertiary/aromatic N) is 2. The van der Waals surface area contributed by atoms with Crippen molar-refractivity contribution >= 4 is 31.4 Å². The Morgan fingerprint density at radius 2 is 2.00 bits per heavy atom. The number of hydrogen-bond donors (Lipinski definition) is 1. The van der Waals surface area contributed by atoms with Crippen LogP contribution in [0.3, 0.4) is 0 Å². The number of aliphatic hydroxyl groups excluding tert-OH is 1. The van der Waals surface area contributed by atoms with Crippen LogP contribution < -0.4 is 0 Å². The molecular formula is C17H24N2O3S2. The van der Waals surface area contributed by atoms with E-state index in [1.54, 1.807) is 20.8 Å². The van der Waals surface area contributed by atoms with E-state index in [2.05, 4.69) is 16.9 Å². The molecular weight excluding hydrogens is 344 g/mol. The number of rotatable bonds is 3. The molecule has 2 heterocycles. The van der Waals surface area contributed by atoms with Crippen molar-refractivity contribution < 1.29 is 13.5 Å². The normalized spacial score (nSPS) is 25.5. The van der Waals surface area contributed by atoms with Crippen molar-refractivity contribution in [2.24, 2.45) is 5.92 Å². The van der Waals surface area contributed by atoms with Crippen LogP contribution in [-0.2, 0) is 9.84 Å². The Bertz CT molecular complexity index is 852.